The summed E-state index contributed by atoms with van der Waals surface area (Å²) in [5, 5.41) is 2.82. The lowest BCUT2D eigenvalue weighted by Gasteiger charge is -2.19. The Morgan fingerprint density at radius 2 is 0.625 bits per heavy atom. The molecule has 4 aromatic carbocycles. The molecule has 0 aliphatic heterocycles. The first-order valence-electron chi connectivity index (χ1n) is 20.3. The molecule has 0 spiro atoms. The third kappa shape index (κ3) is 11.1. The Labute approximate surface area is 296 Å². The number of aryl methyl sites for hydroxylation is 6. The van der Waals surface area contributed by atoms with Crippen LogP contribution in [-0.4, -0.2) is 0 Å². The molecule has 0 aromatic heterocycles. The van der Waals surface area contributed by atoms with Gasteiger partial charge in [-0.15, -0.1) is 0 Å². The fourth-order valence-corrected chi connectivity index (χ4v) is 7.80. The van der Waals surface area contributed by atoms with Crippen LogP contribution in [0.4, 0.5) is 0 Å². The van der Waals surface area contributed by atoms with Crippen molar-refractivity contribution in [2.45, 2.75) is 170 Å². The summed E-state index contributed by atoms with van der Waals surface area (Å²) in [6, 6.07) is 24.9. The van der Waals surface area contributed by atoms with E-state index in [1.54, 1.807) is 0 Å². The molecule has 0 heterocycles. The molecule has 4 rings (SSSR count). The van der Waals surface area contributed by atoms with Crippen LogP contribution in [0.5, 0.6) is 0 Å². The summed E-state index contributed by atoms with van der Waals surface area (Å²) in [5.74, 6) is 0. The molecule has 0 aliphatic carbocycles. The fourth-order valence-electron chi connectivity index (χ4n) is 7.80. The van der Waals surface area contributed by atoms with Crippen LogP contribution in [0.25, 0.3) is 33.0 Å². The zero-order valence-corrected chi connectivity index (χ0v) is 31.9. The van der Waals surface area contributed by atoms with Crippen LogP contribution in [-0.2, 0) is 25.7 Å². The normalized spacial score (nSPS) is 11.5. The molecule has 0 fully saturated rings. The average molecular weight is 645 g/mol. The SMILES string of the molecule is CCCCCCc1cc(CCCCCC)cc(-c2c(C)ccc3c(-c4cc(CCCCCC)cc(CCCCCC)c4)c(C)ccc23)c1. The van der Waals surface area contributed by atoms with E-state index in [2.05, 4.69) is 102 Å². The van der Waals surface area contributed by atoms with Gasteiger partial charge in [0.1, 0.15) is 0 Å². The Hall–Kier alpha value is -2.86. The van der Waals surface area contributed by atoms with E-state index in [1.165, 1.54) is 195 Å². The van der Waals surface area contributed by atoms with E-state index < -0.39 is 0 Å². The smallest absolute Gasteiger partial charge is 0.00757 e. The van der Waals surface area contributed by atoms with Gasteiger partial charge in [-0.25, -0.2) is 0 Å². The number of benzene rings is 4. The maximum absolute atomic E-state index is 2.54. The van der Waals surface area contributed by atoms with Crippen LogP contribution in [0.2, 0.25) is 0 Å². The van der Waals surface area contributed by atoms with Gasteiger partial charge in [0.15, 0.2) is 0 Å². The molecule has 4 aromatic rings. The molecule has 0 bridgehead atoms. The van der Waals surface area contributed by atoms with Gasteiger partial charge >= 0.3 is 0 Å². The van der Waals surface area contributed by atoms with E-state index in [0.717, 1.165) is 0 Å². The maximum Gasteiger partial charge on any atom is -0.00757 e. The molecule has 48 heavy (non-hydrogen) atoms. The van der Waals surface area contributed by atoms with Gasteiger partial charge in [-0.3, -0.25) is 0 Å². The molecule has 260 valence electrons. The van der Waals surface area contributed by atoms with Gasteiger partial charge in [-0.2, -0.15) is 0 Å². The predicted octanol–water partition coefficient (Wildman–Crippen LogP) is 15.3. The molecule has 0 N–H and O–H groups in total. The predicted molar refractivity (Wildman–Crippen MR) is 216 cm³/mol. The summed E-state index contributed by atoms with van der Waals surface area (Å²) < 4.78 is 0. The Morgan fingerprint density at radius 3 is 0.896 bits per heavy atom. The van der Waals surface area contributed by atoms with Crippen molar-refractivity contribution < 1.29 is 0 Å². The molecule has 0 saturated heterocycles. The van der Waals surface area contributed by atoms with E-state index >= 15 is 0 Å². The molecule has 0 saturated carbocycles. The minimum atomic E-state index is 1.19. The van der Waals surface area contributed by atoms with Crippen molar-refractivity contribution in [2.75, 3.05) is 0 Å². The highest BCUT2D eigenvalue weighted by Crippen LogP contribution is 2.40. The second-order valence-corrected chi connectivity index (χ2v) is 14.9. The minimum absolute atomic E-state index is 1.19. The molecular weight excluding hydrogens is 577 g/mol. The highest BCUT2D eigenvalue weighted by Gasteiger charge is 2.16. The van der Waals surface area contributed by atoms with Crippen LogP contribution >= 0.6 is 0 Å². The lowest BCUT2D eigenvalue weighted by atomic mass is 9.85. The Morgan fingerprint density at radius 1 is 0.333 bits per heavy atom. The van der Waals surface area contributed by atoms with E-state index in [9.17, 15) is 0 Å². The van der Waals surface area contributed by atoms with Crippen molar-refractivity contribution in [3.63, 3.8) is 0 Å². The molecule has 0 amide bonds. The summed E-state index contributed by atoms with van der Waals surface area (Å²) in [5.41, 5.74) is 14.6. The summed E-state index contributed by atoms with van der Waals surface area (Å²) in [4.78, 5) is 0. The molecular formula is C48H68. The van der Waals surface area contributed by atoms with E-state index in [-0.39, 0.29) is 0 Å². The van der Waals surface area contributed by atoms with Gasteiger partial charge in [0, 0.05) is 0 Å². The van der Waals surface area contributed by atoms with Gasteiger partial charge in [0.2, 0.25) is 0 Å². The van der Waals surface area contributed by atoms with Gasteiger partial charge in [0.25, 0.3) is 0 Å². The lowest BCUT2D eigenvalue weighted by Crippen LogP contribution is -1.97. The zero-order chi connectivity index (χ0) is 34.1. The van der Waals surface area contributed by atoms with E-state index in [1.807, 2.05) is 0 Å². The standard InChI is InChI=1S/C48H68/c1-7-11-15-19-23-39-31-40(24-20-16-12-8-2)34-43(33-39)47-37(5)27-30-46-45(47)29-28-38(6)48(46)44-35-41(25-21-17-13-9-3)32-42(36-44)26-22-18-14-10-4/h27-36H,7-26H2,1-6H3. The lowest BCUT2D eigenvalue weighted by molar-refractivity contribution is 0.661. The molecule has 0 atom stereocenters. The summed E-state index contributed by atoms with van der Waals surface area (Å²) in [6.07, 6.45) is 25.8. The number of hydrogen-bond donors (Lipinski definition) is 0. The van der Waals surface area contributed by atoms with Crippen LogP contribution in [0.3, 0.4) is 0 Å². The van der Waals surface area contributed by atoms with Gasteiger partial charge in [-0.1, -0.05) is 165 Å². The third-order valence-electron chi connectivity index (χ3n) is 10.6. The van der Waals surface area contributed by atoms with Crippen molar-refractivity contribution in [2.24, 2.45) is 0 Å². The second kappa shape index (κ2) is 20.6. The Bertz CT molecular complexity index is 1360. The topological polar surface area (TPSA) is 0 Å². The van der Waals surface area contributed by atoms with Crippen LogP contribution in [0.15, 0.2) is 60.7 Å². The van der Waals surface area contributed by atoms with E-state index in [4.69, 9.17) is 0 Å². The quantitative estimate of drug-likeness (QED) is 0.0747. The first kappa shape index (κ1) is 38.0. The monoisotopic (exact) mass is 645 g/mol. The summed E-state index contributed by atoms with van der Waals surface area (Å²) in [6.45, 7) is 13.9. The molecule has 0 nitrogen and oxygen atoms in total. The molecule has 0 unspecified atom stereocenters. The van der Waals surface area contributed by atoms with Crippen molar-refractivity contribution >= 4 is 10.8 Å². The van der Waals surface area contributed by atoms with Crippen molar-refractivity contribution in [1.82, 2.24) is 0 Å². The number of hydrogen-bond acceptors (Lipinski definition) is 0. The van der Waals surface area contributed by atoms with Crippen molar-refractivity contribution in [1.29, 1.82) is 0 Å². The van der Waals surface area contributed by atoms with Crippen molar-refractivity contribution in [3.8, 4) is 22.3 Å². The number of rotatable bonds is 22. The summed E-state index contributed by atoms with van der Waals surface area (Å²) in [7, 11) is 0. The molecule has 0 aliphatic rings. The summed E-state index contributed by atoms with van der Waals surface area (Å²) >= 11 is 0. The van der Waals surface area contributed by atoms with Crippen LogP contribution < -0.4 is 0 Å². The highest BCUT2D eigenvalue weighted by molar-refractivity contribution is 6.06. The van der Waals surface area contributed by atoms with Crippen molar-refractivity contribution in [3.05, 3.63) is 94.0 Å². The fraction of sp³-hybridized carbons (Fsp3) is 0.542. The first-order valence-corrected chi connectivity index (χ1v) is 20.3. The average Bonchev–Trinajstić information content (AvgIpc) is 3.09. The first-order chi connectivity index (χ1) is 23.5. The largest absolute Gasteiger partial charge is 0.0654 e. The highest BCUT2D eigenvalue weighted by atomic mass is 14.2. The van der Waals surface area contributed by atoms with Gasteiger partial charge in [-0.05, 0) is 132 Å². The minimum Gasteiger partial charge on any atom is -0.0654 e. The molecule has 0 heteroatoms. The van der Waals surface area contributed by atoms with Crippen LogP contribution in [0, 0.1) is 13.8 Å². The Kier molecular flexibility index (Phi) is 16.3. The Balaban J connectivity index is 1.79. The van der Waals surface area contributed by atoms with Gasteiger partial charge < -0.3 is 0 Å². The van der Waals surface area contributed by atoms with Gasteiger partial charge in [0.05, 0.1) is 0 Å². The van der Waals surface area contributed by atoms with E-state index in [0.29, 0.717) is 0 Å². The zero-order valence-electron chi connectivity index (χ0n) is 31.9. The maximum atomic E-state index is 2.54. The second-order valence-electron chi connectivity index (χ2n) is 14.9. The molecule has 0 radical (unpaired) electrons. The third-order valence-corrected chi connectivity index (χ3v) is 10.6. The number of unbranched alkanes of at least 4 members (excludes halogenated alkanes) is 12. The van der Waals surface area contributed by atoms with Crippen LogP contribution in [0.1, 0.15) is 164 Å². The number of fused-ring (bicyclic) bond motifs is 1.